The Morgan fingerprint density at radius 2 is 1.88 bits per heavy atom. The van der Waals surface area contributed by atoms with Crippen molar-refractivity contribution in [1.29, 1.82) is 5.41 Å². The van der Waals surface area contributed by atoms with Gasteiger partial charge >= 0.3 is 5.97 Å². The summed E-state index contributed by atoms with van der Waals surface area (Å²) < 4.78 is 5.13. The van der Waals surface area contributed by atoms with Gasteiger partial charge in [-0.05, 0) is 48.9 Å². The van der Waals surface area contributed by atoms with Crippen molar-refractivity contribution in [2.75, 3.05) is 11.9 Å². The highest BCUT2D eigenvalue weighted by Crippen LogP contribution is 2.28. The third-order valence-corrected chi connectivity index (χ3v) is 4.05. The molecular formula is C17H17Cl2N3O2. The zero-order valence-corrected chi connectivity index (χ0v) is 14.5. The van der Waals surface area contributed by atoms with E-state index >= 15 is 0 Å². The smallest absolute Gasteiger partial charge is 0.333 e. The predicted octanol–water partition coefficient (Wildman–Crippen LogP) is 3.99. The van der Waals surface area contributed by atoms with E-state index in [-0.39, 0.29) is 12.4 Å². The molecule has 1 unspecified atom stereocenters. The van der Waals surface area contributed by atoms with Crippen molar-refractivity contribution < 1.29 is 9.53 Å². The number of nitrogen functional groups attached to an aromatic ring is 1. The molecule has 24 heavy (non-hydrogen) atoms. The first kappa shape index (κ1) is 18.1. The van der Waals surface area contributed by atoms with E-state index in [9.17, 15) is 4.79 Å². The van der Waals surface area contributed by atoms with E-state index in [2.05, 4.69) is 5.32 Å². The highest BCUT2D eigenvalue weighted by atomic mass is 35.5. The van der Waals surface area contributed by atoms with Crippen LogP contribution in [-0.2, 0) is 9.53 Å². The minimum Gasteiger partial charge on any atom is -0.464 e. The molecule has 4 N–H and O–H groups in total. The van der Waals surface area contributed by atoms with E-state index in [1.165, 1.54) is 0 Å². The second kappa shape index (κ2) is 8.04. The van der Waals surface area contributed by atoms with Crippen molar-refractivity contribution in [2.24, 2.45) is 5.73 Å². The summed E-state index contributed by atoms with van der Waals surface area (Å²) in [4.78, 5) is 12.3. The fourth-order valence-corrected chi connectivity index (χ4v) is 2.42. The summed E-state index contributed by atoms with van der Waals surface area (Å²) in [6, 6.07) is 11.1. The predicted molar refractivity (Wildman–Crippen MR) is 96.9 cm³/mol. The summed E-state index contributed by atoms with van der Waals surface area (Å²) in [5.74, 6) is -0.445. The molecule has 5 nitrogen and oxygen atoms in total. The zero-order chi connectivity index (χ0) is 17.7. The summed E-state index contributed by atoms with van der Waals surface area (Å²) >= 11 is 12.0. The van der Waals surface area contributed by atoms with Crippen LogP contribution >= 0.6 is 23.2 Å². The van der Waals surface area contributed by atoms with E-state index in [1.54, 1.807) is 49.4 Å². The number of anilines is 1. The molecule has 7 heteroatoms. The molecule has 126 valence electrons. The molecular weight excluding hydrogens is 349 g/mol. The zero-order valence-electron chi connectivity index (χ0n) is 13.0. The maximum Gasteiger partial charge on any atom is 0.333 e. The maximum absolute atomic E-state index is 12.3. The molecule has 0 spiro atoms. The van der Waals surface area contributed by atoms with Crippen molar-refractivity contribution in [3.63, 3.8) is 0 Å². The maximum atomic E-state index is 12.3. The number of halogens is 2. The number of carbonyl (C=O) groups excluding carboxylic acids is 1. The Hall–Kier alpha value is -2.24. The molecule has 0 saturated carbocycles. The van der Waals surface area contributed by atoms with Crippen LogP contribution in [0.5, 0.6) is 0 Å². The van der Waals surface area contributed by atoms with Crippen LogP contribution in [0.3, 0.4) is 0 Å². The van der Waals surface area contributed by atoms with Gasteiger partial charge in [-0.2, -0.15) is 0 Å². The Morgan fingerprint density at radius 1 is 1.21 bits per heavy atom. The number of rotatable bonds is 6. The molecule has 0 aromatic heterocycles. The van der Waals surface area contributed by atoms with Crippen molar-refractivity contribution in [1.82, 2.24) is 0 Å². The van der Waals surface area contributed by atoms with Gasteiger partial charge in [0.05, 0.1) is 16.7 Å². The lowest BCUT2D eigenvalue weighted by Gasteiger charge is -2.19. The fraction of sp³-hybridized carbons (Fsp3) is 0.176. The number of hydrogen-bond donors (Lipinski definition) is 3. The second-order valence-electron chi connectivity index (χ2n) is 4.99. The standard InChI is InChI=1S/C17H17Cl2N3O2/c1-2-24-17(23)15(11-5-8-13(18)14(19)9-11)22-12-6-3-10(4-7-12)16(20)21/h3-9,15,22H,2H2,1H3,(H3,20,21). The molecule has 0 radical (unpaired) electrons. The summed E-state index contributed by atoms with van der Waals surface area (Å²) in [6.07, 6.45) is 0. The molecule has 0 fully saturated rings. The molecule has 0 aliphatic carbocycles. The van der Waals surface area contributed by atoms with Crippen molar-refractivity contribution in [3.05, 3.63) is 63.6 Å². The van der Waals surface area contributed by atoms with Crippen LogP contribution in [0, 0.1) is 5.41 Å². The molecule has 2 aromatic carbocycles. The van der Waals surface area contributed by atoms with Gasteiger partial charge in [-0.3, -0.25) is 5.41 Å². The lowest BCUT2D eigenvalue weighted by molar-refractivity contribution is -0.144. The van der Waals surface area contributed by atoms with Gasteiger partial charge in [-0.15, -0.1) is 0 Å². The lowest BCUT2D eigenvalue weighted by atomic mass is 10.1. The topological polar surface area (TPSA) is 88.2 Å². The van der Waals surface area contributed by atoms with Gasteiger partial charge in [-0.25, -0.2) is 4.79 Å². The average molecular weight is 366 g/mol. The second-order valence-corrected chi connectivity index (χ2v) is 5.81. The number of carbonyl (C=O) groups is 1. The number of benzene rings is 2. The van der Waals surface area contributed by atoms with Crippen LogP contribution in [0.15, 0.2) is 42.5 Å². The van der Waals surface area contributed by atoms with E-state index < -0.39 is 12.0 Å². The molecule has 2 aromatic rings. The minimum atomic E-state index is -0.733. The quantitative estimate of drug-likeness (QED) is 0.410. The molecule has 0 aliphatic rings. The Balaban J connectivity index is 2.30. The van der Waals surface area contributed by atoms with Gasteiger partial charge < -0.3 is 15.8 Å². The number of esters is 1. The van der Waals surface area contributed by atoms with Crippen LogP contribution < -0.4 is 11.1 Å². The largest absolute Gasteiger partial charge is 0.464 e. The van der Waals surface area contributed by atoms with Crippen LogP contribution in [-0.4, -0.2) is 18.4 Å². The van der Waals surface area contributed by atoms with Gasteiger partial charge in [0, 0.05) is 11.3 Å². The van der Waals surface area contributed by atoms with E-state index in [0.717, 1.165) is 0 Å². The number of hydrogen-bond acceptors (Lipinski definition) is 4. The number of amidine groups is 1. The SMILES string of the molecule is CCOC(=O)C(Nc1ccc(C(=N)N)cc1)c1ccc(Cl)c(Cl)c1. The Labute approximate surface area is 150 Å². The minimum absolute atomic E-state index is 0.0204. The van der Waals surface area contributed by atoms with Crippen LogP contribution in [0.4, 0.5) is 5.69 Å². The highest BCUT2D eigenvalue weighted by Gasteiger charge is 2.22. The molecule has 0 saturated heterocycles. The number of nitrogens with one attached hydrogen (secondary N) is 2. The van der Waals surface area contributed by atoms with Gasteiger partial charge in [0.2, 0.25) is 0 Å². The van der Waals surface area contributed by atoms with E-state index in [1.807, 2.05) is 0 Å². The van der Waals surface area contributed by atoms with E-state index in [4.69, 9.17) is 39.1 Å². The van der Waals surface area contributed by atoms with Gasteiger partial charge in [0.15, 0.2) is 6.04 Å². The number of ether oxygens (including phenoxy) is 1. The monoisotopic (exact) mass is 365 g/mol. The summed E-state index contributed by atoms with van der Waals surface area (Å²) in [5.41, 5.74) is 7.36. The first-order valence-electron chi connectivity index (χ1n) is 7.25. The summed E-state index contributed by atoms with van der Waals surface area (Å²) in [7, 11) is 0. The van der Waals surface area contributed by atoms with Crippen molar-refractivity contribution in [2.45, 2.75) is 13.0 Å². The molecule has 0 amide bonds. The first-order chi connectivity index (χ1) is 11.4. The summed E-state index contributed by atoms with van der Waals surface area (Å²) in [6.45, 7) is 2.01. The first-order valence-corrected chi connectivity index (χ1v) is 8.00. The Bertz CT molecular complexity index is 748. The van der Waals surface area contributed by atoms with Crippen LogP contribution in [0.2, 0.25) is 10.0 Å². The third kappa shape index (κ3) is 4.40. The van der Waals surface area contributed by atoms with Gasteiger partial charge in [0.1, 0.15) is 5.84 Å². The lowest BCUT2D eigenvalue weighted by Crippen LogP contribution is -2.23. The third-order valence-electron chi connectivity index (χ3n) is 3.31. The van der Waals surface area contributed by atoms with Gasteiger partial charge in [0.25, 0.3) is 0 Å². The highest BCUT2D eigenvalue weighted by molar-refractivity contribution is 6.42. The molecule has 1 atom stereocenters. The van der Waals surface area contributed by atoms with Gasteiger partial charge in [-0.1, -0.05) is 29.3 Å². The van der Waals surface area contributed by atoms with Crippen molar-refractivity contribution >= 4 is 40.7 Å². The van der Waals surface area contributed by atoms with Crippen LogP contribution in [0.25, 0.3) is 0 Å². The summed E-state index contributed by atoms with van der Waals surface area (Å²) in [5, 5.41) is 11.3. The number of nitrogens with two attached hydrogens (primary N) is 1. The van der Waals surface area contributed by atoms with Crippen LogP contribution in [0.1, 0.15) is 24.1 Å². The molecule has 2 rings (SSSR count). The molecule has 0 heterocycles. The van der Waals surface area contributed by atoms with Crippen molar-refractivity contribution in [3.8, 4) is 0 Å². The average Bonchev–Trinajstić information content (AvgIpc) is 2.56. The Kier molecular flexibility index (Phi) is 6.06. The normalized spacial score (nSPS) is 11.6. The fourth-order valence-electron chi connectivity index (χ4n) is 2.11. The molecule has 0 bridgehead atoms. The van der Waals surface area contributed by atoms with E-state index in [0.29, 0.717) is 26.9 Å². The molecule has 0 aliphatic heterocycles. The Morgan fingerprint density at radius 3 is 2.42 bits per heavy atom.